The van der Waals surface area contributed by atoms with E-state index in [-0.39, 0.29) is 18.2 Å². The highest BCUT2D eigenvalue weighted by atomic mass is 16.3. The third kappa shape index (κ3) is 3.65. The number of hydrogen-bond donors (Lipinski definition) is 2. The number of pyridine rings is 1. The third-order valence-electron chi connectivity index (χ3n) is 4.88. The number of likely N-dealkylation sites (N-methyl/N-ethyl adjacent to an activating group) is 1. The van der Waals surface area contributed by atoms with Crippen molar-refractivity contribution in [3.05, 3.63) is 42.4 Å². The molecule has 0 aromatic carbocycles. The first-order valence-electron chi connectivity index (χ1n) is 8.95. The quantitative estimate of drug-likeness (QED) is 0.818. The summed E-state index contributed by atoms with van der Waals surface area (Å²) >= 11 is 0. The van der Waals surface area contributed by atoms with E-state index in [4.69, 9.17) is 5.73 Å². The molecule has 1 aromatic rings. The molecule has 26 heavy (non-hydrogen) atoms. The SMILES string of the molecule is C=C1/C(N2CCC(O)CC2)=N\C(N)=N/N(CC)C(c2ccncc2)N1C. The zero-order valence-corrected chi connectivity index (χ0v) is 15.4. The van der Waals surface area contributed by atoms with Crippen molar-refractivity contribution in [3.8, 4) is 0 Å². The number of aliphatic hydroxyl groups excluding tert-OH is 1. The number of aliphatic imine (C=N–C) groups is 1. The molecule has 0 spiro atoms. The lowest BCUT2D eigenvalue weighted by atomic mass is 10.1. The Hall–Kier alpha value is -2.61. The van der Waals surface area contributed by atoms with E-state index < -0.39 is 0 Å². The molecule has 8 nitrogen and oxygen atoms in total. The van der Waals surface area contributed by atoms with E-state index in [0.717, 1.165) is 30.2 Å². The summed E-state index contributed by atoms with van der Waals surface area (Å²) in [6, 6.07) is 3.94. The summed E-state index contributed by atoms with van der Waals surface area (Å²) < 4.78 is 0. The summed E-state index contributed by atoms with van der Waals surface area (Å²) in [5.41, 5.74) is 7.95. The maximum Gasteiger partial charge on any atom is 0.239 e. The molecule has 0 bridgehead atoms. The summed E-state index contributed by atoms with van der Waals surface area (Å²) in [6.45, 7) is 8.43. The van der Waals surface area contributed by atoms with Crippen molar-refractivity contribution in [3.63, 3.8) is 0 Å². The predicted molar refractivity (Wildman–Crippen MR) is 102 cm³/mol. The number of nitrogens with two attached hydrogens (primary N) is 1. The van der Waals surface area contributed by atoms with Gasteiger partial charge in [-0.25, -0.2) is 0 Å². The molecule has 1 fully saturated rings. The van der Waals surface area contributed by atoms with Crippen LogP contribution in [0.15, 0.2) is 46.9 Å². The van der Waals surface area contributed by atoms with Gasteiger partial charge in [0.25, 0.3) is 0 Å². The van der Waals surface area contributed by atoms with Gasteiger partial charge in [-0.3, -0.25) is 9.99 Å². The Morgan fingerprint density at radius 3 is 2.54 bits per heavy atom. The van der Waals surface area contributed by atoms with Crippen molar-refractivity contribution < 1.29 is 5.11 Å². The average molecular weight is 357 g/mol. The standard InChI is InChI=1S/C18H27N7O/c1-4-25-17(14-5-9-20-10-6-14)23(3)13(2)16(21-18(19)22-25)24-11-7-15(26)8-12-24/h5-6,9-10,15,17,26H,2,4,7-8,11-12H2,1,3H3,(H2,19,22)/b21-16+. The third-order valence-corrected chi connectivity index (χ3v) is 4.88. The van der Waals surface area contributed by atoms with Crippen LogP contribution < -0.4 is 5.73 Å². The predicted octanol–water partition coefficient (Wildman–Crippen LogP) is 0.946. The van der Waals surface area contributed by atoms with Crippen LogP contribution in [0.4, 0.5) is 0 Å². The number of hydrogen-bond acceptors (Lipinski definition) is 8. The van der Waals surface area contributed by atoms with Gasteiger partial charge in [0.2, 0.25) is 5.96 Å². The minimum absolute atomic E-state index is 0.157. The monoisotopic (exact) mass is 357 g/mol. The molecule has 140 valence electrons. The van der Waals surface area contributed by atoms with Crippen LogP contribution in [0, 0.1) is 0 Å². The van der Waals surface area contributed by atoms with Gasteiger partial charge >= 0.3 is 0 Å². The molecule has 0 aliphatic carbocycles. The molecule has 3 N–H and O–H groups in total. The van der Waals surface area contributed by atoms with Gasteiger partial charge in [-0.05, 0) is 37.5 Å². The summed E-state index contributed by atoms with van der Waals surface area (Å²) in [4.78, 5) is 12.8. The van der Waals surface area contributed by atoms with E-state index in [1.54, 1.807) is 12.4 Å². The van der Waals surface area contributed by atoms with Crippen LogP contribution in [0.3, 0.4) is 0 Å². The highest BCUT2D eigenvalue weighted by Crippen LogP contribution is 2.29. The van der Waals surface area contributed by atoms with E-state index in [9.17, 15) is 5.11 Å². The van der Waals surface area contributed by atoms with Crippen molar-refractivity contribution in [2.75, 3.05) is 26.7 Å². The number of hydrazone groups is 1. The minimum Gasteiger partial charge on any atom is -0.393 e. The lowest BCUT2D eigenvalue weighted by Gasteiger charge is -2.42. The van der Waals surface area contributed by atoms with Crippen molar-refractivity contribution in [2.24, 2.45) is 15.8 Å². The molecule has 1 aromatic heterocycles. The van der Waals surface area contributed by atoms with Crippen LogP contribution in [-0.2, 0) is 0 Å². The molecule has 8 heteroatoms. The van der Waals surface area contributed by atoms with Gasteiger partial charge < -0.3 is 20.6 Å². The van der Waals surface area contributed by atoms with Crippen molar-refractivity contribution in [1.82, 2.24) is 19.8 Å². The zero-order chi connectivity index (χ0) is 18.7. The van der Waals surface area contributed by atoms with Crippen molar-refractivity contribution in [2.45, 2.75) is 32.0 Å². The first kappa shape index (κ1) is 18.2. The lowest BCUT2D eigenvalue weighted by molar-refractivity contribution is 0.0898. The Bertz CT molecular complexity index is 695. The second-order valence-electron chi connectivity index (χ2n) is 6.58. The van der Waals surface area contributed by atoms with Crippen LogP contribution in [-0.4, -0.2) is 69.5 Å². The normalized spacial score (nSPS) is 26.7. The number of likely N-dealkylation sites (tertiary alicyclic amines) is 1. The Balaban J connectivity index is 1.98. The van der Waals surface area contributed by atoms with E-state index in [2.05, 4.69) is 31.5 Å². The fourth-order valence-corrected chi connectivity index (χ4v) is 3.39. The van der Waals surface area contributed by atoms with E-state index in [1.807, 2.05) is 31.1 Å². The molecule has 3 heterocycles. The number of amidine groups is 1. The Morgan fingerprint density at radius 2 is 1.92 bits per heavy atom. The molecule has 2 aliphatic rings. The first-order valence-corrected chi connectivity index (χ1v) is 8.95. The number of piperidine rings is 1. The van der Waals surface area contributed by atoms with Crippen molar-refractivity contribution >= 4 is 11.8 Å². The lowest BCUT2D eigenvalue weighted by Crippen LogP contribution is -2.47. The molecule has 0 amide bonds. The van der Waals surface area contributed by atoms with Gasteiger partial charge in [0.15, 0.2) is 5.84 Å². The molecular formula is C18H27N7O. The molecular weight excluding hydrogens is 330 g/mol. The second-order valence-corrected chi connectivity index (χ2v) is 6.58. The van der Waals surface area contributed by atoms with E-state index in [1.165, 1.54) is 0 Å². The fourth-order valence-electron chi connectivity index (χ4n) is 3.39. The van der Waals surface area contributed by atoms with Gasteiger partial charge in [-0.15, -0.1) is 5.10 Å². The maximum atomic E-state index is 9.79. The Morgan fingerprint density at radius 1 is 1.27 bits per heavy atom. The fraction of sp³-hybridized carbons (Fsp3) is 0.500. The summed E-state index contributed by atoms with van der Waals surface area (Å²) in [5.74, 6) is 0.928. The molecule has 1 saturated heterocycles. The number of rotatable bonds is 2. The molecule has 3 rings (SSSR count). The molecule has 1 atom stereocenters. The van der Waals surface area contributed by atoms with Crippen LogP contribution in [0.1, 0.15) is 31.5 Å². The second kappa shape index (κ2) is 7.74. The highest BCUT2D eigenvalue weighted by Gasteiger charge is 2.31. The number of nitrogens with zero attached hydrogens (tertiary/aromatic N) is 6. The summed E-state index contributed by atoms with van der Waals surface area (Å²) in [6.07, 6.45) is 4.55. The van der Waals surface area contributed by atoms with Gasteiger partial charge in [-0.1, -0.05) is 6.58 Å². The average Bonchev–Trinajstić information content (AvgIpc) is 2.65. The van der Waals surface area contributed by atoms with E-state index >= 15 is 0 Å². The smallest absolute Gasteiger partial charge is 0.239 e. The Labute approximate surface area is 154 Å². The minimum atomic E-state index is -0.252. The van der Waals surface area contributed by atoms with Crippen molar-refractivity contribution in [1.29, 1.82) is 0 Å². The maximum absolute atomic E-state index is 9.79. The molecule has 0 radical (unpaired) electrons. The molecule has 1 unspecified atom stereocenters. The first-order chi connectivity index (χ1) is 12.5. The van der Waals surface area contributed by atoms with Gasteiger partial charge in [0, 0.05) is 39.1 Å². The largest absolute Gasteiger partial charge is 0.393 e. The molecule has 0 saturated carbocycles. The highest BCUT2D eigenvalue weighted by molar-refractivity contribution is 6.04. The van der Waals surface area contributed by atoms with Crippen LogP contribution >= 0.6 is 0 Å². The van der Waals surface area contributed by atoms with Crippen LogP contribution in [0.5, 0.6) is 0 Å². The topological polar surface area (TPSA) is 93.6 Å². The van der Waals surface area contributed by atoms with Crippen LogP contribution in [0.25, 0.3) is 0 Å². The number of aromatic nitrogens is 1. The van der Waals surface area contributed by atoms with E-state index in [0.29, 0.717) is 19.4 Å². The summed E-state index contributed by atoms with van der Waals surface area (Å²) in [7, 11) is 1.99. The van der Waals surface area contributed by atoms with Gasteiger partial charge in [-0.2, -0.15) is 4.99 Å². The number of guanidine groups is 1. The Kier molecular flexibility index (Phi) is 5.41. The molecule has 2 aliphatic heterocycles. The van der Waals surface area contributed by atoms with Gasteiger partial charge in [0.1, 0.15) is 6.17 Å². The number of aliphatic hydroxyl groups is 1. The zero-order valence-electron chi connectivity index (χ0n) is 15.4. The van der Waals surface area contributed by atoms with Crippen LogP contribution in [0.2, 0.25) is 0 Å². The summed E-state index contributed by atoms with van der Waals surface area (Å²) in [5, 5.41) is 16.2. The van der Waals surface area contributed by atoms with Gasteiger partial charge in [0.05, 0.1) is 11.8 Å².